The number of rotatable bonds is 10. The largest absolute Gasteiger partial charge is 0.284 e. The average molecular weight is 445 g/mol. The maximum absolute atomic E-state index is 3.46. The summed E-state index contributed by atoms with van der Waals surface area (Å²) < 4.78 is 0. The van der Waals surface area contributed by atoms with Gasteiger partial charge in [-0.2, -0.15) is 0 Å². The van der Waals surface area contributed by atoms with Crippen LogP contribution in [-0.2, 0) is 26.2 Å². The van der Waals surface area contributed by atoms with E-state index in [1.54, 1.807) is 0 Å². The third kappa shape index (κ3) is 8.05. The predicted octanol–water partition coefficient (Wildman–Crippen LogP) is 6.39. The van der Waals surface area contributed by atoms with Crippen molar-refractivity contribution in [3.63, 3.8) is 0 Å². The van der Waals surface area contributed by atoms with Gasteiger partial charge in [0.05, 0.1) is 13.1 Å². The molecule has 0 aliphatic carbocycles. The number of benzene rings is 4. The third-order valence-corrected chi connectivity index (χ3v) is 5.73. The molecular weight excluding hydrogens is 412 g/mol. The summed E-state index contributed by atoms with van der Waals surface area (Å²) in [5.41, 5.74) is 5.26. The fourth-order valence-corrected chi connectivity index (χ4v) is 4.04. The molecular formula is C32H32N2. The zero-order chi connectivity index (χ0) is 23.3. The smallest absolute Gasteiger partial charge is 0.0608 e. The van der Waals surface area contributed by atoms with Gasteiger partial charge in [0.25, 0.3) is 0 Å². The highest BCUT2D eigenvalue weighted by atomic mass is 15.1. The van der Waals surface area contributed by atoms with Crippen LogP contribution in [0.3, 0.4) is 0 Å². The van der Waals surface area contributed by atoms with Crippen LogP contribution in [-0.4, -0.2) is 22.9 Å². The molecule has 0 unspecified atom stereocenters. The van der Waals surface area contributed by atoms with E-state index in [1.807, 2.05) is 0 Å². The van der Waals surface area contributed by atoms with Gasteiger partial charge in [-0.05, 0) is 22.3 Å². The molecule has 0 radical (unpaired) electrons. The monoisotopic (exact) mass is 444 g/mol. The van der Waals surface area contributed by atoms with Gasteiger partial charge in [-0.3, -0.25) is 9.80 Å². The lowest BCUT2D eigenvalue weighted by Gasteiger charge is -2.21. The molecule has 4 aromatic rings. The van der Waals surface area contributed by atoms with E-state index in [0.717, 1.165) is 39.3 Å². The molecule has 34 heavy (non-hydrogen) atoms. The summed E-state index contributed by atoms with van der Waals surface area (Å²) in [5, 5.41) is 0. The van der Waals surface area contributed by atoms with Crippen molar-refractivity contribution in [1.29, 1.82) is 0 Å². The van der Waals surface area contributed by atoms with Crippen molar-refractivity contribution in [1.82, 2.24) is 9.80 Å². The Kier molecular flexibility index (Phi) is 9.10. The SMILES string of the molecule is C(#CCN(Cc1ccccc1)Cc1ccccc1)CN(Cc1ccccc1)Cc1ccccc1. The second kappa shape index (κ2) is 13.2. The van der Waals surface area contributed by atoms with Crippen molar-refractivity contribution in [2.45, 2.75) is 26.2 Å². The van der Waals surface area contributed by atoms with Crippen molar-refractivity contribution in [2.75, 3.05) is 13.1 Å². The number of nitrogens with zero attached hydrogens (tertiary/aromatic N) is 2. The van der Waals surface area contributed by atoms with Gasteiger partial charge in [-0.25, -0.2) is 0 Å². The summed E-state index contributed by atoms with van der Waals surface area (Å²) in [7, 11) is 0. The lowest BCUT2D eigenvalue weighted by molar-refractivity contribution is 0.285. The summed E-state index contributed by atoms with van der Waals surface area (Å²) in [6.07, 6.45) is 0. The van der Waals surface area contributed by atoms with Crippen molar-refractivity contribution in [3.8, 4) is 11.8 Å². The summed E-state index contributed by atoms with van der Waals surface area (Å²) in [4.78, 5) is 4.83. The maximum atomic E-state index is 3.46. The Morgan fingerprint density at radius 3 is 0.824 bits per heavy atom. The second-order valence-electron chi connectivity index (χ2n) is 8.59. The standard InChI is InChI=1S/C32H32N2/c1-5-15-29(16-6-1)25-33(26-30-17-7-2-8-18-30)23-13-14-24-34(27-31-19-9-3-10-20-31)28-32-21-11-4-12-22-32/h1-12,15-22H,23-28H2. The quantitative estimate of drug-likeness (QED) is 0.261. The lowest BCUT2D eigenvalue weighted by atomic mass is 10.1. The number of hydrogen-bond acceptors (Lipinski definition) is 2. The van der Waals surface area contributed by atoms with Crippen LogP contribution >= 0.6 is 0 Å². The van der Waals surface area contributed by atoms with E-state index in [0.29, 0.717) is 0 Å². The third-order valence-electron chi connectivity index (χ3n) is 5.73. The van der Waals surface area contributed by atoms with E-state index in [-0.39, 0.29) is 0 Å². The summed E-state index contributed by atoms with van der Waals surface area (Å²) >= 11 is 0. The Morgan fingerprint density at radius 1 is 0.353 bits per heavy atom. The van der Waals surface area contributed by atoms with Gasteiger partial charge in [-0.1, -0.05) is 133 Å². The van der Waals surface area contributed by atoms with Gasteiger partial charge in [0, 0.05) is 26.2 Å². The molecule has 0 atom stereocenters. The van der Waals surface area contributed by atoms with E-state index in [1.165, 1.54) is 22.3 Å². The highest BCUT2D eigenvalue weighted by Gasteiger charge is 2.07. The predicted molar refractivity (Wildman–Crippen MR) is 142 cm³/mol. The molecule has 4 rings (SSSR count). The highest BCUT2D eigenvalue weighted by Crippen LogP contribution is 2.11. The van der Waals surface area contributed by atoms with Crippen LogP contribution in [0.1, 0.15) is 22.3 Å². The lowest BCUT2D eigenvalue weighted by Crippen LogP contribution is -2.25. The van der Waals surface area contributed by atoms with E-state index < -0.39 is 0 Å². The van der Waals surface area contributed by atoms with Crippen molar-refractivity contribution in [3.05, 3.63) is 144 Å². The van der Waals surface area contributed by atoms with Crippen molar-refractivity contribution in [2.24, 2.45) is 0 Å². The molecule has 0 N–H and O–H groups in total. The van der Waals surface area contributed by atoms with Crippen LogP contribution in [0.5, 0.6) is 0 Å². The minimum atomic E-state index is 0.744. The molecule has 170 valence electrons. The fourth-order valence-electron chi connectivity index (χ4n) is 4.04. The topological polar surface area (TPSA) is 6.48 Å². The normalized spacial score (nSPS) is 10.8. The Labute approximate surface area is 204 Å². The summed E-state index contributed by atoms with van der Waals surface area (Å²) in [6, 6.07) is 42.6. The minimum Gasteiger partial charge on any atom is -0.284 e. The van der Waals surface area contributed by atoms with Crippen LogP contribution in [0.15, 0.2) is 121 Å². The molecule has 0 fully saturated rings. The van der Waals surface area contributed by atoms with Gasteiger partial charge in [0.1, 0.15) is 0 Å². The van der Waals surface area contributed by atoms with Crippen LogP contribution < -0.4 is 0 Å². The zero-order valence-corrected chi connectivity index (χ0v) is 19.7. The Balaban J connectivity index is 1.42. The van der Waals surface area contributed by atoms with E-state index >= 15 is 0 Å². The van der Waals surface area contributed by atoms with Gasteiger partial charge < -0.3 is 0 Å². The van der Waals surface area contributed by atoms with Gasteiger partial charge in [-0.15, -0.1) is 0 Å². The first-order chi connectivity index (χ1) is 16.8. The van der Waals surface area contributed by atoms with Crippen LogP contribution in [0.25, 0.3) is 0 Å². The summed E-state index contributed by atoms with van der Waals surface area (Å²) in [5.74, 6) is 6.92. The highest BCUT2D eigenvalue weighted by molar-refractivity contribution is 5.20. The molecule has 0 aromatic heterocycles. The molecule has 0 saturated carbocycles. The van der Waals surface area contributed by atoms with E-state index in [4.69, 9.17) is 0 Å². The first-order valence-corrected chi connectivity index (χ1v) is 11.9. The molecule has 0 bridgehead atoms. The molecule has 0 amide bonds. The van der Waals surface area contributed by atoms with E-state index in [9.17, 15) is 0 Å². The van der Waals surface area contributed by atoms with Gasteiger partial charge in [0.15, 0.2) is 0 Å². The second-order valence-corrected chi connectivity index (χ2v) is 8.59. The molecule has 0 aliphatic rings. The average Bonchev–Trinajstić information content (AvgIpc) is 2.89. The Bertz CT molecular complexity index is 971. The molecule has 0 spiro atoms. The molecule has 0 heterocycles. The molecule has 4 aromatic carbocycles. The minimum absolute atomic E-state index is 0.744. The van der Waals surface area contributed by atoms with Gasteiger partial charge >= 0.3 is 0 Å². The van der Waals surface area contributed by atoms with Crippen molar-refractivity contribution < 1.29 is 0 Å². The zero-order valence-electron chi connectivity index (χ0n) is 19.7. The molecule has 0 aliphatic heterocycles. The van der Waals surface area contributed by atoms with Gasteiger partial charge in [0.2, 0.25) is 0 Å². The van der Waals surface area contributed by atoms with Crippen LogP contribution in [0.4, 0.5) is 0 Å². The van der Waals surface area contributed by atoms with E-state index in [2.05, 4.69) is 143 Å². The molecule has 2 heteroatoms. The van der Waals surface area contributed by atoms with Crippen molar-refractivity contribution >= 4 is 0 Å². The van der Waals surface area contributed by atoms with Crippen LogP contribution in [0, 0.1) is 11.8 Å². The Morgan fingerprint density at radius 2 is 0.588 bits per heavy atom. The first-order valence-electron chi connectivity index (χ1n) is 11.9. The Hall–Kier alpha value is -3.64. The summed E-state index contributed by atoms with van der Waals surface area (Å²) in [6.45, 7) is 5.05. The fraction of sp³-hybridized carbons (Fsp3) is 0.188. The maximum Gasteiger partial charge on any atom is 0.0608 e. The first kappa shape index (κ1) is 23.5. The van der Waals surface area contributed by atoms with Crippen LogP contribution in [0.2, 0.25) is 0 Å². The molecule has 0 saturated heterocycles. The number of hydrogen-bond donors (Lipinski definition) is 0. The molecule has 2 nitrogen and oxygen atoms in total.